The fourth-order valence-corrected chi connectivity index (χ4v) is 1.17. The lowest BCUT2D eigenvalue weighted by Gasteiger charge is -2.04. The minimum Gasteiger partial charge on any atom is -0.484 e. The van der Waals surface area contributed by atoms with Crippen LogP contribution in [0.25, 0.3) is 0 Å². The predicted molar refractivity (Wildman–Crippen MR) is 54.3 cm³/mol. The number of aryl methyl sites for hydroxylation is 1. The summed E-state index contributed by atoms with van der Waals surface area (Å²) in [6.07, 6.45) is 1.33. The minimum absolute atomic E-state index is 0.282. The molecule has 0 unspecified atom stereocenters. The van der Waals surface area contributed by atoms with Crippen molar-refractivity contribution in [3.8, 4) is 5.75 Å². The summed E-state index contributed by atoms with van der Waals surface area (Å²) in [5, 5.41) is 7.84. The van der Waals surface area contributed by atoms with Crippen molar-refractivity contribution in [1.82, 2.24) is 19.7 Å². The maximum atomic E-state index is 12.5. The molecule has 0 spiro atoms. The van der Waals surface area contributed by atoms with Gasteiger partial charge in [0.2, 0.25) is 5.95 Å². The number of rotatable bonds is 3. The summed E-state index contributed by atoms with van der Waals surface area (Å²) in [6.45, 7) is 2.14. The van der Waals surface area contributed by atoms with Crippen LogP contribution in [0.2, 0.25) is 0 Å². The average Bonchev–Trinajstić information content (AvgIpc) is 2.60. The lowest BCUT2D eigenvalue weighted by molar-refractivity contribution is 0.289. The number of hydrogen-bond acceptors (Lipinski definition) is 4. The number of ether oxygens (including phenoxy) is 1. The molecular weight excluding hydrogens is 211 g/mol. The first kappa shape index (κ1) is 10.5. The third kappa shape index (κ3) is 2.16. The Kier molecular flexibility index (Phi) is 2.80. The van der Waals surface area contributed by atoms with Gasteiger partial charge in [0.25, 0.3) is 0 Å². The van der Waals surface area contributed by atoms with E-state index in [1.165, 1.54) is 18.3 Å². The minimum atomic E-state index is -0.526. The van der Waals surface area contributed by atoms with Gasteiger partial charge >= 0.3 is 0 Å². The third-order valence-corrected chi connectivity index (χ3v) is 2.25. The summed E-state index contributed by atoms with van der Waals surface area (Å²) in [6, 6.07) is 2.77. The van der Waals surface area contributed by atoms with Gasteiger partial charge in [-0.05, 0) is 19.1 Å². The van der Waals surface area contributed by atoms with Crippen LogP contribution in [0.4, 0.5) is 4.39 Å². The summed E-state index contributed by atoms with van der Waals surface area (Å²) in [5.41, 5.74) is 0. The molecule has 84 valence electrons. The highest BCUT2D eigenvalue weighted by atomic mass is 19.1. The zero-order valence-electron chi connectivity index (χ0n) is 9.01. The fraction of sp³-hybridized carbons (Fsp3) is 0.300. The molecule has 0 bridgehead atoms. The van der Waals surface area contributed by atoms with Gasteiger partial charge in [-0.15, -0.1) is 10.2 Å². The highest BCUT2D eigenvalue weighted by molar-refractivity contribution is 5.16. The fourth-order valence-electron chi connectivity index (χ4n) is 1.17. The average molecular weight is 222 g/mol. The van der Waals surface area contributed by atoms with Gasteiger partial charge in [-0.1, -0.05) is 0 Å². The molecule has 0 atom stereocenters. The van der Waals surface area contributed by atoms with Gasteiger partial charge in [-0.2, -0.15) is 4.39 Å². The van der Waals surface area contributed by atoms with E-state index in [4.69, 9.17) is 4.74 Å². The Labute approximate surface area is 91.9 Å². The van der Waals surface area contributed by atoms with Crippen LogP contribution in [0.5, 0.6) is 5.75 Å². The highest BCUT2D eigenvalue weighted by Gasteiger charge is 2.05. The molecule has 0 radical (unpaired) electrons. The van der Waals surface area contributed by atoms with Crippen molar-refractivity contribution in [2.45, 2.75) is 13.5 Å². The third-order valence-electron chi connectivity index (χ3n) is 2.25. The molecule has 0 aliphatic carbocycles. The first-order valence-corrected chi connectivity index (χ1v) is 4.76. The van der Waals surface area contributed by atoms with E-state index in [0.717, 1.165) is 5.82 Å². The maximum absolute atomic E-state index is 12.5. The second kappa shape index (κ2) is 4.26. The molecule has 2 rings (SSSR count). The predicted octanol–water partition coefficient (Wildman–Crippen LogP) is 1.24. The van der Waals surface area contributed by atoms with Gasteiger partial charge < -0.3 is 9.30 Å². The first-order valence-electron chi connectivity index (χ1n) is 4.76. The van der Waals surface area contributed by atoms with Gasteiger partial charge in [0.1, 0.15) is 18.2 Å². The van der Waals surface area contributed by atoms with Crippen LogP contribution in [0.15, 0.2) is 18.3 Å². The lowest BCUT2D eigenvalue weighted by Crippen LogP contribution is -2.04. The van der Waals surface area contributed by atoms with E-state index in [1.807, 2.05) is 18.5 Å². The molecule has 0 aliphatic rings. The normalized spacial score (nSPS) is 10.4. The van der Waals surface area contributed by atoms with Crippen LogP contribution in [0.1, 0.15) is 11.6 Å². The highest BCUT2D eigenvalue weighted by Crippen LogP contribution is 2.10. The molecule has 0 aliphatic heterocycles. The molecule has 0 amide bonds. The van der Waals surface area contributed by atoms with Crippen LogP contribution in [0.3, 0.4) is 0 Å². The molecule has 0 N–H and O–H groups in total. The smallest absolute Gasteiger partial charge is 0.213 e. The Morgan fingerprint density at radius 1 is 1.38 bits per heavy atom. The van der Waals surface area contributed by atoms with Crippen LogP contribution < -0.4 is 4.74 Å². The molecule has 0 fully saturated rings. The lowest BCUT2D eigenvalue weighted by atomic mass is 10.4. The van der Waals surface area contributed by atoms with Crippen LogP contribution >= 0.6 is 0 Å². The Bertz CT molecular complexity index is 480. The summed E-state index contributed by atoms with van der Waals surface area (Å²) in [5.74, 6) is 1.50. The van der Waals surface area contributed by atoms with Crippen molar-refractivity contribution in [3.05, 3.63) is 35.9 Å². The van der Waals surface area contributed by atoms with Gasteiger partial charge in [0, 0.05) is 7.05 Å². The second-order valence-corrected chi connectivity index (χ2v) is 3.33. The molecular formula is C10H11FN4O. The zero-order valence-corrected chi connectivity index (χ0v) is 9.01. The first-order chi connectivity index (χ1) is 7.66. The van der Waals surface area contributed by atoms with Crippen molar-refractivity contribution in [2.24, 2.45) is 7.05 Å². The van der Waals surface area contributed by atoms with Gasteiger partial charge in [-0.3, -0.25) is 0 Å². The van der Waals surface area contributed by atoms with E-state index in [2.05, 4.69) is 15.2 Å². The second-order valence-electron chi connectivity index (χ2n) is 3.33. The molecule has 6 heteroatoms. The van der Waals surface area contributed by atoms with E-state index in [0.29, 0.717) is 11.6 Å². The maximum Gasteiger partial charge on any atom is 0.213 e. The molecule has 5 nitrogen and oxygen atoms in total. The van der Waals surface area contributed by atoms with E-state index in [1.54, 1.807) is 0 Å². The summed E-state index contributed by atoms with van der Waals surface area (Å²) in [7, 11) is 1.86. The zero-order chi connectivity index (χ0) is 11.5. The Hall–Kier alpha value is -1.98. The quantitative estimate of drug-likeness (QED) is 0.733. The van der Waals surface area contributed by atoms with Crippen LogP contribution in [0, 0.1) is 12.9 Å². The van der Waals surface area contributed by atoms with Gasteiger partial charge in [0.05, 0.1) is 6.20 Å². The molecule has 2 aromatic heterocycles. The van der Waals surface area contributed by atoms with Gasteiger partial charge in [-0.25, -0.2) is 4.98 Å². The SMILES string of the molecule is Cc1nnc(COc2ccc(F)nc2)n1C. The standard InChI is InChI=1S/C10H11FN4O/c1-7-13-14-10(15(7)2)6-16-8-3-4-9(11)12-5-8/h3-5H,6H2,1-2H3. The molecule has 0 aromatic carbocycles. The van der Waals surface area contributed by atoms with Crippen molar-refractivity contribution in [1.29, 1.82) is 0 Å². The topological polar surface area (TPSA) is 52.8 Å². The Morgan fingerprint density at radius 2 is 2.19 bits per heavy atom. The monoisotopic (exact) mass is 222 g/mol. The number of hydrogen-bond donors (Lipinski definition) is 0. The number of halogens is 1. The molecule has 2 aromatic rings. The summed E-state index contributed by atoms with van der Waals surface area (Å²) < 4.78 is 19.7. The van der Waals surface area contributed by atoms with Crippen LogP contribution in [-0.2, 0) is 13.7 Å². The van der Waals surface area contributed by atoms with Crippen LogP contribution in [-0.4, -0.2) is 19.7 Å². The van der Waals surface area contributed by atoms with Crippen molar-refractivity contribution < 1.29 is 9.13 Å². The van der Waals surface area contributed by atoms with E-state index in [9.17, 15) is 4.39 Å². The van der Waals surface area contributed by atoms with E-state index < -0.39 is 5.95 Å². The molecule has 16 heavy (non-hydrogen) atoms. The van der Waals surface area contributed by atoms with Crippen molar-refractivity contribution >= 4 is 0 Å². The number of pyridine rings is 1. The largest absolute Gasteiger partial charge is 0.484 e. The molecule has 0 saturated heterocycles. The van der Waals surface area contributed by atoms with Crippen molar-refractivity contribution in [3.63, 3.8) is 0 Å². The van der Waals surface area contributed by atoms with Crippen molar-refractivity contribution in [2.75, 3.05) is 0 Å². The Balaban J connectivity index is 2.02. The molecule has 0 saturated carbocycles. The summed E-state index contributed by atoms with van der Waals surface area (Å²) >= 11 is 0. The number of aromatic nitrogens is 4. The molecule has 2 heterocycles. The van der Waals surface area contributed by atoms with E-state index in [-0.39, 0.29) is 6.61 Å². The Morgan fingerprint density at radius 3 is 2.75 bits per heavy atom. The number of nitrogens with zero attached hydrogens (tertiary/aromatic N) is 4. The van der Waals surface area contributed by atoms with Gasteiger partial charge in [0.15, 0.2) is 5.82 Å². The summed E-state index contributed by atoms with van der Waals surface area (Å²) in [4.78, 5) is 3.48. The van der Waals surface area contributed by atoms with E-state index >= 15 is 0 Å².